The molecule has 1 aliphatic rings. The molecule has 0 spiro atoms. The third-order valence-electron chi connectivity index (χ3n) is 2.59. The molecular weight excluding hydrogens is 242 g/mol. The van der Waals surface area contributed by atoms with E-state index >= 15 is 0 Å². The van der Waals surface area contributed by atoms with Crippen LogP contribution in [-0.2, 0) is 0 Å². The van der Waals surface area contributed by atoms with Gasteiger partial charge >= 0.3 is 0 Å². The second-order valence-electron chi connectivity index (χ2n) is 4.00. The Labute approximate surface area is 93.0 Å². The van der Waals surface area contributed by atoms with Gasteiger partial charge < -0.3 is 5.32 Å². The smallest absolute Gasteiger partial charge is 0.0632 e. The van der Waals surface area contributed by atoms with Crippen LogP contribution in [-0.4, -0.2) is 22.4 Å². The molecule has 4 heteroatoms. The molecule has 1 aliphatic carbocycles. The molecule has 1 heterocycles. The van der Waals surface area contributed by atoms with Crippen molar-refractivity contribution in [3.05, 3.63) is 16.9 Å². The fourth-order valence-electron chi connectivity index (χ4n) is 1.47. The van der Waals surface area contributed by atoms with E-state index in [1.165, 1.54) is 12.8 Å². The van der Waals surface area contributed by atoms with Crippen molar-refractivity contribution in [3.63, 3.8) is 0 Å². The molecule has 1 unspecified atom stereocenters. The molecule has 1 saturated carbocycles. The molecule has 0 radical (unpaired) electrons. The Morgan fingerprint density at radius 3 is 3.07 bits per heavy atom. The number of hydrogen-bond donors (Lipinski definition) is 1. The maximum atomic E-state index is 4.27. The van der Waals surface area contributed by atoms with E-state index in [9.17, 15) is 0 Å². The average Bonchev–Trinajstić information content (AvgIpc) is 2.87. The summed E-state index contributed by atoms with van der Waals surface area (Å²) in [5.74, 6) is 0. The van der Waals surface area contributed by atoms with Crippen molar-refractivity contribution in [1.29, 1.82) is 0 Å². The molecule has 78 valence electrons. The minimum Gasteiger partial charge on any atom is -0.314 e. The van der Waals surface area contributed by atoms with Crippen molar-refractivity contribution in [2.45, 2.75) is 38.3 Å². The average molecular weight is 258 g/mol. The highest BCUT2D eigenvalue weighted by Crippen LogP contribution is 2.19. The molecule has 0 aromatic carbocycles. The summed E-state index contributed by atoms with van der Waals surface area (Å²) in [7, 11) is 0. The first-order valence-electron chi connectivity index (χ1n) is 5.19. The number of aromatic nitrogens is 2. The van der Waals surface area contributed by atoms with E-state index in [1.807, 2.05) is 17.1 Å². The van der Waals surface area contributed by atoms with Crippen LogP contribution in [0.15, 0.2) is 16.9 Å². The fourth-order valence-corrected chi connectivity index (χ4v) is 1.77. The van der Waals surface area contributed by atoms with Crippen LogP contribution in [0.25, 0.3) is 0 Å². The Morgan fingerprint density at radius 2 is 2.50 bits per heavy atom. The van der Waals surface area contributed by atoms with Gasteiger partial charge in [-0.25, -0.2) is 0 Å². The molecule has 0 bridgehead atoms. The SMILES string of the molecule is CC(CCNC1CC1)n1cc(Br)cn1. The summed E-state index contributed by atoms with van der Waals surface area (Å²) in [4.78, 5) is 0. The Bertz CT molecular complexity index is 293. The van der Waals surface area contributed by atoms with Crippen molar-refractivity contribution >= 4 is 15.9 Å². The quantitative estimate of drug-likeness (QED) is 0.878. The molecule has 1 aromatic rings. The van der Waals surface area contributed by atoms with E-state index in [-0.39, 0.29) is 0 Å². The van der Waals surface area contributed by atoms with Gasteiger partial charge in [0, 0.05) is 12.2 Å². The van der Waals surface area contributed by atoms with Gasteiger partial charge in [0.05, 0.1) is 16.7 Å². The number of rotatable bonds is 5. The lowest BCUT2D eigenvalue weighted by molar-refractivity contribution is 0.443. The normalized spacial score (nSPS) is 18.4. The Hall–Kier alpha value is -0.350. The topological polar surface area (TPSA) is 29.9 Å². The van der Waals surface area contributed by atoms with Gasteiger partial charge in [0.25, 0.3) is 0 Å². The minimum absolute atomic E-state index is 0.479. The fraction of sp³-hybridized carbons (Fsp3) is 0.700. The molecule has 2 rings (SSSR count). The molecule has 1 atom stereocenters. The summed E-state index contributed by atoms with van der Waals surface area (Å²) in [6, 6.07) is 1.29. The van der Waals surface area contributed by atoms with Gasteiger partial charge in [-0.15, -0.1) is 0 Å². The van der Waals surface area contributed by atoms with Gasteiger partial charge in [0.2, 0.25) is 0 Å². The molecule has 1 aromatic heterocycles. The molecule has 0 aliphatic heterocycles. The third-order valence-corrected chi connectivity index (χ3v) is 3.00. The molecule has 0 amide bonds. The van der Waals surface area contributed by atoms with Crippen LogP contribution in [0.1, 0.15) is 32.2 Å². The highest BCUT2D eigenvalue weighted by Gasteiger charge is 2.20. The summed E-state index contributed by atoms with van der Waals surface area (Å²) < 4.78 is 3.07. The monoisotopic (exact) mass is 257 g/mol. The van der Waals surface area contributed by atoms with Crippen LogP contribution >= 0.6 is 15.9 Å². The van der Waals surface area contributed by atoms with Crippen molar-refractivity contribution in [3.8, 4) is 0 Å². The van der Waals surface area contributed by atoms with Crippen molar-refractivity contribution < 1.29 is 0 Å². The highest BCUT2D eigenvalue weighted by molar-refractivity contribution is 9.10. The summed E-state index contributed by atoms with van der Waals surface area (Å²) in [6.07, 6.45) is 7.74. The Balaban J connectivity index is 1.73. The zero-order valence-electron chi connectivity index (χ0n) is 8.41. The lowest BCUT2D eigenvalue weighted by Crippen LogP contribution is -2.20. The minimum atomic E-state index is 0.479. The molecule has 3 nitrogen and oxygen atoms in total. The first kappa shape index (κ1) is 10.2. The van der Waals surface area contributed by atoms with Gasteiger partial charge in [-0.1, -0.05) is 0 Å². The second kappa shape index (κ2) is 4.45. The number of nitrogens with one attached hydrogen (secondary N) is 1. The first-order chi connectivity index (χ1) is 6.75. The zero-order valence-corrected chi connectivity index (χ0v) is 10.00. The Kier molecular flexibility index (Phi) is 3.23. The summed E-state index contributed by atoms with van der Waals surface area (Å²) in [5, 5.41) is 7.78. The largest absolute Gasteiger partial charge is 0.314 e. The van der Waals surface area contributed by atoms with Gasteiger partial charge in [-0.3, -0.25) is 4.68 Å². The molecular formula is C10H16BrN3. The van der Waals surface area contributed by atoms with E-state index in [4.69, 9.17) is 0 Å². The van der Waals surface area contributed by atoms with E-state index in [0.717, 1.165) is 23.5 Å². The number of halogens is 1. The third kappa shape index (κ3) is 2.82. The van der Waals surface area contributed by atoms with Crippen LogP contribution < -0.4 is 5.32 Å². The van der Waals surface area contributed by atoms with E-state index in [2.05, 4.69) is 33.3 Å². The van der Waals surface area contributed by atoms with Crippen molar-refractivity contribution in [2.75, 3.05) is 6.54 Å². The standard InChI is InChI=1S/C10H16BrN3/c1-8(4-5-12-10-2-3-10)14-7-9(11)6-13-14/h6-8,10,12H,2-5H2,1H3. The summed E-state index contributed by atoms with van der Waals surface area (Å²) in [5.41, 5.74) is 0. The van der Waals surface area contributed by atoms with Gasteiger partial charge in [-0.2, -0.15) is 5.10 Å². The zero-order chi connectivity index (χ0) is 9.97. The maximum Gasteiger partial charge on any atom is 0.0632 e. The highest BCUT2D eigenvalue weighted by atomic mass is 79.9. The van der Waals surface area contributed by atoms with Crippen LogP contribution in [0, 0.1) is 0 Å². The van der Waals surface area contributed by atoms with Crippen LogP contribution in [0.2, 0.25) is 0 Å². The van der Waals surface area contributed by atoms with Gasteiger partial charge in [0.15, 0.2) is 0 Å². The van der Waals surface area contributed by atoms with Crippen molar-refractivity contribution in [2.24, 2.45) is 0 Å². The second-order valence-corrected chi connectivity index (χ2v) is 4.92. The molecule has 0 saturated heterocycles. The number of hydrogen-bond acceptors (Lipinski definition) is 2. The summed E-state index contributed by atoms with van der Waals surface area (Å²) >= 11 is 3.40. The van der Waals surface area contributed by atoms with E-state index in [0.29, 0.717) is 6.04 Å². The van der Waals surface area contributed by atoms with Crippen LogP contribution in [0.5, 0.6) is 0 Å². The van der Waals surface area contributed by atoms with E-state index < -0.39 is 0 Å². The van der Waals surface area contributed by atoms with Crippen LogP contribution in [0.3, 0.4) is 0 Å². The summed E-state index contributed by atoms with van der Waals surface area (Å²) in [6.45, 7) is 3.30. The molecule has 1 fully saturated rings. The molecule has 1 N–H and O–H groups in total. The van der Waals surface area contributed by atoms with E-state index in [1.54, 1.807) is 0 Å². The van der Waals surface area contributed by atoms with Crippen LogP contribution in [0.4, 0.5) is 0 Å². The lowest BCUT2D eigenvalue weighted by atomic mass is 10.2. The number of nitrogens with zero attached hydrogens (tertiary/aromatic N) is 2. The predicted molar refractivity (Wildman–Crippen MR) is 60.3 cm³/mol. The first-order valence-corrected chi connectivity index (χ1v) is 5.98. The Morgan fingerprint density at radius 1 is 1.71 bits per heavy atom. The van der Waals surface area contributed by atoms with Gasteiger partial charge in [-0.05, 0) is 48.7 Å². The van der Waals surface area contributed by atoms with Crippen molar-refractivity contribution in [1.82, 2.24) is 15.1 Å². The molecule has 14 heavy (non-hydrogen) atoms. The maximum absolute atomic E-state index is 4.27. The van der Waals surface area contributed by atoms with Gasteiger partial charge in [0.1, 0.15) is 0 Å². The predicted octanol–water partition coefficient (Wildman–Crippen LogP) is 2.35. The lowest BCUT2D eigenvalue weighted by Gasteiger charge is -2.12.